The van der Waals surface area contributed by atoms with Crippen LogP contribution in [0.15, 0.2) is 48.5 Å². The molecule has 2 amide bonds. The molecule has 146 valence electrons. The van der Waals surface area contributed by atoms with Crippen LogP contribution < -0.4 is 11.1 Å². The highest BCUT2D eigenvalue weighted by Gasteiger charge is 2.16. The lowest BCUT2D eigenvalue weighted by Crippen LogP contribution is -2.19. The van der Waals surface area contributed by atoms with E-state index in [1.165, 1.54) is 0 Å². The van der Waals surface area contributed by atoms with Crippen LogP contribution in [0.2, 0.25) is 0 Å². The number of amides is 2. The van der Waals surface area contributed by atoms with Crippen LogP contribution >= 0.6 is 0 Å². The number of nitrogens with zero attached hydrogens (tertiary/aromatic N) is 3. The molecule has 2 aromatic carbocycles. The largest absolute Gasteiger partial charge is 0.366 e. The van der Waals surface area contributed by atoms with Crippen LogP contribution in [0.1, 0.15) is 33.7 Å². The van der Waals surface area contributed by atoms with E-state index in [4.69, 9.17) is 10.7 Å². The van der Waals surface area contributed by atoms with Crippen molar-refractivity contribution in [1.82, 2.24) is 14.6 Å². The SMILES string of the molecule is Cc1nc2c3ccccc3nn2c(C)c1CCC(=O)Nc1ccccc1C(N)=O. The van der Waals surface area contributed by atoms with Gasteiger partial charge in [0.05, 0.1) is 16.8 Å². The number of aryl methyl sites for hydroxylation is 2. The first-order valence-electron chi connectivity index (χ1n) is 9.38. The van der Waals surface area contributed by atoms with E-state index in [1.807, 2.05) is 42.6 Å². The second-order valence-corrected chi connectivity index (χ2v) is 6.97. The van der Waals surface area contributed by atoms with Gasteiger partial charge in [0.15, 0.2) is 5.65 Å². The fourth-order valence-electron chi connectivity index (χ4n) is 3.60. The molecule has 0 atom stereocenters. The summed E-state index contributed by atoms with van der Waals surface area (Å²) in [7, 11) is 0. The normalized spacial score (nSPS) is 11.1. The van der Waals surface area contributed by atoms with Gasteiger partial charge in [0.25, 0.3) is 5.91 Å². The first-order valence-corrected chi connectivity index (χ1v) is 9.38. The number of benzene rings is 2. The Balaban J connectivity index is 1.58. The van der Waals surface area contributed by atoms with Crippen molar-refractivity contribution in [1.29, 1.82) is 0 Å². The summed E-state index contributed by atoms with van der Waals surface area (Å²) in [6.07, 6.45) is 0.768. The molecule has 2 aromatic heterocycles. The molecule has 0 radical (unpaired) electrons. The Hall–Kier alpha value is -3.74. The van der Waals surface area contributed by atoms with Gasteiger partial charge in [-0.15, -0.1) is 0 Å². The Bertz CT molecular complexity index is 1260. The number of hydrogen-bond acceptors (Lipinski definition) is 4. The number of carbonyl (C=O) groups is 2. The third kappa shape index (κ3) is 3.42. The van der Waals surface area contributed by atoms with Gasteiger partial charge in [0.2, 0.25) is 5.91 Å². The second kappa shape index (κ2) is 7.35. The molecule has 4 aromatic rings. The van der Waals surface area contributed by atoms with Crippen LogP contribution in [0.5, 0.6) is 0 Å². The number of carbonyl (C=O) groups excluding carboxylic acids is 2. The summed E-state index contributed by atoms with van der Waals surface area (Å²) in [5.74, 6) is -0.767. The van der Waals surface area contributed by atoms with Crippen molar-refractivity contribution >= 4 is 34.1 Å². The van der Waals surface area contributed by atoms with E-state index in [-0.39, 0.29) is 12.3 Å². The average molecular weight is 387 g/mol. The molecule has 7 nitrogen and oxygen atoms in total. The molecule has 0 aliphatic rings. The standard InChI is InChI=1S/C22H21N5O2/c1-13-15(11-12-20(28)25-18-9-5-3-7-16(18)21(23)29)14(2)27-22(24-13)17-8-4-6-10-19(17)26-27/h3-10H,11-12H2,1-2H3,(H2,23,29)(H,25,28). The van der Waals surface area contributed by atoms with E-state index in [9.17, 15) is 9.59 Å². The molecule has 0 aliphatic carbocycles. The minimum Gasteiger partial charge on any atom is -0.366 e. The summed E-state index contributed by atoms with van der Waals surface area (Å²) in [4.78, 5) is 28.7. The maximum absolute atomic E-state index is 12.5. The van der Waals surface area contributed by atoms with Crippen LogP contribution in [0.25, 0.3) is 16.6 Å². The maximum Gasteiger partial charge on any atom is 0.250 e. The number of anilines is 1. The van der Waals surface area contributed by atoms with E-state index >= 15 is 0 Å². The van der Waals surface area contributed by atoms with Crippen molar-refractivity contribution in [2.45, 2.75) is 26.7 Å². The van der Waals surface area contributed by atoms with Crippen LogP contribution in [0, 0.1) is 13.8 Å². The molecule has 7 heteroatoms. The minimum absolute atomic E-state index is 0.191. The topological polar surface area (TPSA) is 102 Å². The summed E-state index contributed by atoms with van der Waals surface area (Å²) < 4.78 is 1.84. The fraction of sp³-hybridized carbons (Fsp3) is 0.182. The molecule has 0 aliphatic heterocycles. The van der Waals surface area contributed by atoms with Gasteiger partial charge in [-0.25, -0.2) is 9.50 Å². The molecule has 0 unspecified atom stereocenters. The average Bonchev–Trinajstić information content (AvgIpc) is 3.07. The van der Waals surface area contributed by atoms with E-state index in [1.54, 1.807) is 24.3 Å². The molecule has 29 heavy (non-hydrogen) atoms. The van der Waals surface area contributed by atoms with Crippen LogP contribution in [0.4, 0.5) is 5.69 Å². The number of hydrogen-bond donors (Lipinski definition) is 2. The summed E-state index contributed by atoms with van der Waals surface area (Å²) >= 11 is 0. The highest BCUT2D eigenvalue weighted by atomic mass is 16.2. The van der Waals surface area contributed by atoms with E-state index in [0.29, 0.717) is 17.7 Å². The molecule has 0 bridgehead atoms. The third-order valence-electron chi connectivity index (χ3n) is 5.09. The zero-order chi connectivity index (χ0) is 20.5. The number of primary amides is 1. The van der Waals surface area contributed by atoms with Crippen LogP contribution in [0.3, 0.4) is 0 Å². The van der Waals surface area contributed by atoms with E-state index in [0.717, 1.165) is 33.5 Å². The summed E-state index contributed by atoms with van der Waals surface area (Å²) in [6.45, 7) is 3.94. The van der Waals surface area contributed by atoms with Gasteiger partial charge in [-0.1, -0.05) is 24.3 Å². The van der Waals surface area contributed by atoms with Crippen molar-refractivity contribution in [3.8, 4) is 0 Å². The van der Waals surface area contributed by atoms with Gasteiger partial charge in [-0.3, -0.25) is 9.59 Å². The zero-order valence-electron chi connectivity index (χ0n) is 16.3. The first kappa shape index (κ1) is 18.6. The number of nitrogens with two attached hydrogens (primary N) is 1. The van der Waals surface area contributed by atoms with Gasteiger partial charge in [-0.05, 0) is 50.1 Å². The number of fused-ring (bicyclic) bond motifs is 3. The molecular formula is C22H21N5O2. The Morgan fingerprint density at radius 3 is 2.59 bits per heavy atom. The first-order chi connectivity index (χ1) is 14.0. The van der Waals surface area contributed by atoms with Crippen molar-refractivity contribution in [2.75, 3.05) is 5.32 Å². The van der Waals surface area contributed by atoms with E-state index in [2.05, 4.69) is 10.4 Å². The van der Waals surface area contributed by atoms with Crippen molar-refractivity contribution < 1.29 is 9.59 Å². The maximum atomic E-state index is 12.5. The predicted molar refractivity (Wildman–Crippen MR) is 112 cm³/mol. The van der Waals surface area contributed by atoms with Crippen LogP contribution in [-0.4, -0.2) is 26.4 Å². The Morgan fingerprint density at radius 2 is 1.79 bits per heavy atom. The molecule has 0 saturated heterocycles. The lowest BCUT2D eigenvalue weighted by atomic mass is 10.1. The van der Waals surface area contributed by atoms with Gasteiger partial charge in [-0.2, -0.15) is 5.10 Å². The quantitative estimate of drug-likeness (QED) is 0.549. The van der Waals surface area contributed by atoms with Crippen molar-refractivity contribution in [2.24, 2.45) is 5.73 Å². The molecule has 4 rings (SSSR count). The van der Waals surface area contributed by atoms with Gasteiger partial charge in [0, 0.05) is 23.2 Å². The number of aromatic nitrogens is 3. The summed E-state index contributed by atoms with van der Waals surface area (Å²) in [5.41, 5.74) is 10.6. The van der Waals surface area contributed by atoms with Crippen molar-refractivity contribution in [3.63, 3.8) is 0 Å². The molecule has 0 spiro atoms. The molecule has 0 fully saturated rings. The van der Waals surface area contributed by atoms with Gasteiger partial charge >= 0.3 is 0 Å². The molecule has 3 N–H and O–H groups in total. The van der Waals surface area contributed by atoms with Gasteiger partial charge in [0.1, 0.15) is 0 Å². The fourth-order valence-corrected chi connectivity index (χ4v) is 3.60. The lowest BCUT2D eigenvalue weighted by molar-refractivity contribution is -0.116. The highest BCUT2D eigenvalue weighted by molar-refractivity contribution is 6.03. The Labute approximate surface area is 167 Å². The summed E-state index contributed by atoms with van der Waals surface area (Å²) in [6, 6.07) is 14.6. The summed E-state index contributed by atoms with van der Waals surface area (Å²) in [5, 5.41) is 8.43. The third-order valence-corrected chi connectivity index (χ3v) is 5.09. The zero-order valence-corrected chi connectivity index (χ0v) is 16.3. The van der Waals surface area contributed by atoms with Gasteiger partial charge < -0.3 is 11.1 Å². The number of rotatable bonds is 5. The molecular weight excluding hydrogens is 366 g/mol. The monoisotopic (exact) mass is 387 g/mol. The predicted octanol–water partition coefficient (Wildman–Crippen LogP) is 3.17. The number of nitrogens with one attached hydrogen (secondary N) is 1. The lowest BCUT2D eigenvalue weighted by Gasteiger charge is -2.12. The Morgan fingerprint density at radius 1 is 1.07 bits per heavy atom. The number of para-hydroxylation sites is 1. The molecule has 2 heterocycles. The Kier molecular flexibility index (Phi) is 4.72. The molecule has 0 saturated carbocycles. The smallest absolute Gasteiger partial charge is 0.250 e. The second-order valence-electron chi connectivity index (χ2n) is 6.97. The van der Waals surface area contributed by atoms with E-state index < -0.39 is 5.91 Å². The minimum atomic E-state index is -0.576. The highest BCUT2D eigenvalue weighted by Crippen LogP contribution is 2.23. The van der Waals surface area contributed by atoms with Crippen molar-refractivity contribution in [3.05, 3.63) is 71.0 Å². The van der Waals surface area contributed by atoms with Crippen LogP contribution in [-0.2, 0) is 11.2 Å².